The van der Waals surface area contributed by atoms with Crippen molar-refractivity contribution in [1.82, 2.24) is 5.32 Å². The zero-order valence-electron chi connectivity index (χ0n) is 71.5. The molecular weight excluding hydrogens is 1440 g/mol. The van der Waals surface area contributed by atoms with Crippen LogP contribution >= 0.6 is 0 Å². The van der Waals surface area contributed by atoms with E-state index in [4.69, 9.17) is 28.4 Å². The quantitative estimate of drug-likeness (QED) is 0.0199. The van der Waals surface area contributed by atoms with Gasteiger partial charge in [0.25, 0.3) is 0 Å². The second-order valence-corrected chi connectivity index (χ2v) is 32.7. The summed E-state index contributed by atoms with van der Waals surface area (Å²) in [6.07, 6.45) is 75.1. The predicted molar refractivity (Wildman–Crippen MR) is 461 cm³/mol. The van der Waals surface area contributed by atoms with Crippen molar-refractivity contribution in [3.8, 4) is 0 Å². The first-order valence-electron chi connectivity index (χ1n) is 46.5. The Morgan fingerprint density at radius 1 is 0.325 bits per heavy atom. The summed E-state index contributed by atoms with van der Waals surface area (Å²) in [6.45, 7) is 1.73. The van der Waals surface area contributed by atoms with Gasteiger partial charge in [-0.2, -0.15) is 0 Å². The lowest BCUT2D eigenvalue weighted by atomic mass is 9.96. The summed E-state index contributed by atoms with van der Waals surface area (Å²) in [5.74, 6) is -0.243. The van der Waals surface area contributed by atoms with E-state index in [0.29, 0.717) is 12.8 Å². The number of carbonyl (C=O) groups excluding carboxylic acids is 1. The Balaban J connectivity index is 1.32. The first-order valence-corrected chi connectivity index (χ1v) is 46.5. The van der Waals surface area contributed by atoms with Gasteiger partial charge in [-0.1, -0.05) is 381 Å². The topological polar surface area (TPSA) is 307 Å². The highest BCUT2D eigenvalue weighted by Crippen LogP contribution is 2.34. The van der Waals surface area contributed by atoms with Crippen molar-refractivity contribution in [3.63, 3.8) is 0 Å². The summed E-state index contributed by atoms with van der Waals surface area (Å²) in [6, 6.07) is -0.897. The molecule has 0 saturated carbocycles. The summed E-state index contributed by atoms with van der Waals surface area (Å²) >= 11 is 0. The average Bonchev–Trinajstić information content (AvgIpc) is 0.777. The molecule has 0 spiro atoms. The molecule has 3 heterocycles. The Kier molecular flexibility index (Phi) is 67.7. The molecule has 19 nitrogen and oxygen atoms in total. The zero-order valence-corrected chi connectivity index (χ0v) is 71.5. The maximum Gasteiger partial charge on any atom is 0.220 e. The average molecular weight is 1610 g/mol. The largest absolute Gasteiger partial charge is 0.394 e. The second-order valence-electron chi connectivity index (χ2n) is 32.7. The lowest BCUT2D eigenvalue weighted by Crippen LogP contribution is -2.66. The number of rotatable bonds is 75. The molecule has 0 radical (unpaired) electrons. The van der Waals surface area contributed by atoms with E-state index in [-0.39, 0.29) is 18.9 Å². The number of aliphatic hydroxyl groups is 11. The molecular formula is C95H169NO18. The normalized spacial score (nSPS) is 25.1. The second kappa shape index (κ2) is 73.6. The molecule has 3 aliphatic heterocycles. The molecule has 1 amide bonds. The fourth-order valence-electron chi connectivity index (χ4n) is 15.3. The van der Waals surface area contributed by atoms with Crippen molar-refractivity contribution in [2.75, 3.05) is 26.4 Å². The molecule has 17 unspecified atom stereocenters. The SMILES string of the molecule is CC/C=C\C/C=C\C/C=C\C/C=C\C/C=C\C/C=C\C/C=C\C/C=C\CCCCCCCCCCCCCCC(=O)NC(COC1OC(CO)C(OC2OC(CO)C(OC3OC(CO)C(O)C(O)C3O)C(O)C2O)C(O)C1O)C(O)CCCCCCCCCCCCCCCCCCCCCCCCCCCCCCCCCC. The highest BCUT2D eigenvalue weighted by atomic mass is 16.8. The maximum atomic E-state index is 13.6. The number of amides is 1. The Labute approximate surface area is 692 Å². The molecule has 0 aliphatic carbocycles. The van der Waals surface area contributed by atoms with Crippen molar-refractivity contribution in [2.24, 2.45) is 0 Å². The van der Waals surface area contributed by atoms with Crippen LogP contribution in [-0.4, -0.2) is 193 Å². The van der Waals surface area contributed by atoms with Crippen LogP contribution in [0.2, 0.25) is 0 Å². The van der Waals surface area contributed by atoms with E-state index in [0.717, 1.165) is 103 Å². The van der Waals surface area contributed by atoms with Crippen LogP contribution in [0.25, 0.3) is 0 Å². The molecule has 3 rings (SSSR count). The molecule has 0 aromatic carbocycles. The molecule has 3 fully saturated rings. The molecule has 114 heavy (non-hydrogen) atoms. The van der Waals surface area contributed by atoms with Gasteiger partial charge in [-0.15, -0.1) is 0 Å². The number of hydrogen-bond donors (Lipinski definition) is 12. The third-order valence-electron chi connectivity index (χ3n) is 22.7. The van der Waals surface area contributed by atoms with E-state index < -0.39 is 124 Å². The lowest BCUT2D eigenvalue weighted by molar-refractivity contribution is -0.379. The fraction of sp³-hybridized carbons (Fsp3) is 0.821. The zero-order chi connectivity index (χ0) is 82.4. The fourth-order valence-corrected chi connectivity index (χ4v) is 15.3. The first-order chi connectivity index (χ1) is 55.8. The van der Waals surface area contributed by atoms with Crippen LogP contribution in [0.4, 0.5) is 0 Å². The minimum atomic E-state index is -1.98. The molecule has 19 heteroatoms. The van der Waals surface area contributed by atoms with Crippen LogP contribution in [0.5, 0.6) is 0 Å². The number of aliphatic hydroxyl groups excluding tert-OH is 11. The highest BCUT2D eigenvalue weighted by molar-refractivity contribution is 5.76. The number of ether oxygens (including phenoxy) is 6. The summed E-state index contributed by atoms with van der Waals surface area (Å²) in [5.41, 5.74) is 0. The number of carbonyl (C=O) groups is 1. The molecule has 0 aromatic rings. The van der Waals surface area contributed by atoms with Gasteiger partial charge in [-0.25, -0.2) is 0 Å². The van der Waals surface area contributed by atoms with Gasteiger partial charge in [0, 0.05) is 6.42 Å². The van der Waals surface area contributed by atoms with Crippen molar-refractivity contribution in [2.45, 2.75) is 471 Å². The van der Waals surface area contributed by atoms with Crippen LogP contribution in [0.1, 0.15) is 367 Å². The molecule has 12 N–H and O–H groups in total. The van der Waals surface area contributed by atoms with E-state index in [1.807, 2.05) is 0 Å². The van der Waals surface area contributed by atoms with Gasteiger partial charge >= 0.3 is 0 Å². The Bertz CT molecular complexity index is 2430. The molecule has 17 atom stereocenters. The van der Waals surface area contributed by atoms with Crippen molar-refractivity contribution in [1.29, 1.82) is 0 Å². The van der Waals surface area contributed by atoms with Crippen LogP contribution in [0.3, 0.4) is 0 Å². The number of nitrogens with one attached hydrogen (secondary N) is 1. The first kappa shape index (κ1) is 105. The smallest absolute Gasteiger partial charge is 0.220 e. The van der Waals surface area contributed by atoms with Crippen molar-refractivity contribution in [3.05, 3.63) is 97.2 Å². The molecule has 3 aliphatic rings. The standard InChI is InChI=1S/C95H169NO18/c1-3-5-7-9-11-13-15-17-19-21-23-25-27-29-31-33-35-37-38-39-40-41-43-45-47-49-51-53-55-57-59-61-63-65-67-69-71-73-83(101)96-78(79(100)72-70-68-66-64-62-60-58-56-54-52-50-48-46-44-42-36-34-32-30-28-26-24-22-20-18-16-14-12-10-8-6-4-2)77-109-93-89(107)86(104)91(81(75-98)111-93)114-95-90(108)87(105)92(82(76-99)112-95)113-94-88(106)85(103)84(102)80(74-97)110-94/h5,7,11,13,17,19,23,25,29,31,35,37,39-40,43,45,78-82,84-95,97-100,102-108H,3-4,6,8-10,12,14-16,18,20-22,24,26-28,30,32-34,36,38,41-42,44,46-77H2,1-2H3,(H,96,101)/b7-5-,13-11-,19-17-,25-23-,31-29-,37-35-,40-39-,45-43-. The van der Waals surface area contributed by atoms with E-state index >= 15 is 0 Å². The van der Waals surface area contributed by atoms with Gasteiger partial charge in [0.15, 0.2) is 18.9 Å². The molecule has 662 valence electrons. The number of allylic oxidation sites excluding steroid dienone is 16. The lowest BCUT2D eigenvalue weighted by Gasteiger charge is -2.48. The summed E-state index contributed by atoms with van der Waals surface area (Å²) in [5, 5.41) is 121. The van der Waals surface area contributed by atoms with Gasteiger partial charge in [0.1, 0.15) is 73.2 Å². The van der Waals surface area contributed by atoms with E-state index in [2.05, 4.69) is 116 Å². The van der Waals surface area contributed by atoms with Crippen molar-refractivity contribution < 1.29 is 89.4 Å². The minimum Gasteiger partial charge on any atom is -0.394 e. The van der Waals surface area contributed by atoms with Gasteiger partial charge < -0.3 is 89.9 Å². The van der Waals surface area contributed by atoms with E-state index in [9.17, 15) is 61.0 Å². The Hall–Kier alpha value is -3.29. The van der Waals surface area contributed by atoms with Gasteiger partial charge in [-0.3, -0.25) is 4.79 Å². The van der Waals surface area contributed by atoms with E-state index in [1.54, 1.807) is 0 Å². The molecule has 3 saturated heterocycles. The summed E-state index contributed by atoms with van der Waals surface area (Å²) < 4.78 is 34.6. The van der Waals surface area contributed by atoms with Gasteiger partial charge in [-0.05, 0) is 77.0 Å². The molecule has 0 bridgehead atoms. The maximum absolute atomic E-state index is 13.6. The number of hydrogen-bond acceptors (Lipinski definition) is 18. The van der Waals surface area contributed by atoms with E-state index in [1.165, 1.54) is 231 Å². The highest BCUT2D eigenvalue weighted by Gasteiger charge is 2.54. The predicted octanol–water partition coefficient (Wildman–Crippen LogP) is 18.2. The Morgan fingerprint density at radius 3 is 0.947 bits per heavy atom. The minimum absolute atomic E-state index is 0.243. The summed E-state index contributed by atoms with van der Waals surface area (Å²) in [4.78, 5) is 13.6. The van der Waals surface area contributed by atoms with Crippen LogP contribution in [-0.2, 0) is 33.2 Å². The van der Waals surface area contributed by atoms with Crippen LogP contribution in [0.15, 0.2) is 97.2 Å². The Morgan fingerprint density at radius 2 is 0.605 bits per heavy atom. The van der Waals surface area contributed by atoms with Crippen LogP contribution in [0, 0.1) is 0 Å². The van der Waals surface area contributed by atoms with Gasteiger partial charge in [0.2, 0.25) is 5.91 Å². The van der Waals surface area contributed by atoms with Crippen LogP contribution < -0.4 is 5.32 Å². The molecule has 0 aromatic heterocycles. The monoisotopic (exact) mass is 1610 g/mol. The van der Waals surface area contributed by atoms with Crippen molar-refractivity contribution >= 4 is 5.91 Å². The third kappa shape index (κ3) is 51.4. The van der Waals surface area contributed by atoms with Gasteiger partial charge in [0.05, 0.1) is 38.6 Å². The number of unbranched alkanes of at least 4 members (excludes halogenated alkanes) is 43. The third-order valence-corrected chi connectivity index (χ3v) is 22.7. The summed E-state index contributed by atoms with van der Waals surface area (Å²) in [7, 11) is 0.